The molecule has 1 N–H and O–H groups in total. The highest BCUT2D eigenvalue weighted by atomic mass is 32.1. The van der Waals surface area contributed by atoms with Crippen LogP contribution >= 0.6 is 11.3 Å². The van der Waals surface area contributed by atoms with Gasteiger partial charge in [-0.25, -0.2) is 4.98 Å². The van der Waals surface area contributed by atoms with E-state index >= 15 is 0 Å². The number of rotatable bonds is 5. The van der Waals surface area contributed by atoms with Gasteiger partial charge in [0.2, 0.25) is 0 Å². The monoisotopic (exact) mass is 222 g/mol. The average Bonchev–Trinajstić information content (AvgIpc) is 2.88. The van der Waals surface area contributed by atoms with E-state index in [0.717, 1.165) is 30.3 Å². The van der Waals surface area contributed by atoms with Crippen molar-refractivity contribution >= 4 is 16.5 Å². The third-order valence-corrected chi connectivity index (χ3v) is 2.94. The van der Waals surface area contributed by atoms with Gasteiger partial charge in [-0.2, -0.15) is 5.10 Å². The minimum Gasteiger partial charge on any atom is -0.360 e. The summed E-state index contributed by atoms with van der Waals surface area (Å²) in [5.74, 6) is 0. The maximum Gasteiger partial charge on any atom is 0.182 e. The SMILES string of the molecule is CCc1csc(NCCn2cccn2)n1. The molecule has 0 aliphatic heterocycles. The van der Waals surface area contributed by atoms with Crippen LogP contribution in [0.2, 0.25) is 0 Å². The molecule has 2 aromatic heterocycles. The number of aryl methyl sites for hydroxylation is 1. The molecule has 0 saturated heterocycles. The van der Waals surface area contributed by atoms with E-state index in [1.54, 1.807) is 17.5 Å². The number of hydrogen-bond donors (Lipinski definition) is 1. The third kappa shape index (κ3) is 2.79. The van der Waals surface area contributed by atoms with E-state index in [1.165, 1.54) is 0 Å². The summed E-state index contributed by atoms with van der Waals surface area (Å²) in [4.78, 5) is 4.43. The Bertz CT molecular complexity index is 393. The molecular weight excluding hydrogens is 208 g/mol. The molecule has 0 aromatic carbocycles. The number of nitrogens with zero attached hydrogens (tertiary/aromatic N) is 3. The topological polar surface area (TPSA) is 42.7 Å². The van der Waals surface area contributed by atoms with Crippen LogP contribution in [0.4, 0.5) is 5.13 Å². The lowest BCUT2D eigenvalue weighted by Gasteiger charge is -2.02. The van der Waals surface area contributed by atoms with Gasteiger partial charge in [-0.3, -0.25) is 4.68 Å². The maximum absolute atomic E-state index is 4.43. The second-order valence-electron chi connectivity index (χ2n) is 3.19. The summed E-state index contributed by atoms with van der Waals surface area (Å²) in [6, 6.07) is 1.93. The molecule has 15 heavy (non-hydrogen) atoms. The Morgan fingerprint density at radius 2 is 2.47 bits per heavy atom. The first-order chi connectivity index (χ1) is 7.38. The zero-order valence-electron chi connectivity index (χ0n) is 8.68. The van der Waals surface area contributed by atoms with Crippen LogP contribution in [0.1, 0.15) is 12.6 Å². The van der Waals surface area contributed by atoms with Crippen LogP contribution in [-0.4, -0.2) is 21.3 Å². The van der Waals surface area contributed by atoms with E-state index in [0.29, 0.717) is 0 Å². The minimum absolute atomic E-state index is 0.859. The summed E-state index contributed by atoms with van der Waals surface area (Å²) < 4.78 is 1.90. The fourth-order valence-electron chi connectivity index (χ4n) is 1.26. The molecular formula is C10H14N4S. The van der Waals surface area contributed by atoms with Crippen molar-refractivity contribution in [1.82, 2.24) is 14.8 Å². The lowest BCUT2D eigenvalue weighted by Crippen LogP contribution is -2.10. The summed E-state index contributed by atoms with van der Waals surface area (Å²) in [7, 11) is 0. The van der Waals surface area contributed by atoms with Crippen molar-refractivity contribution in [2.24, 2.45) is 0 Å². The van der Waals surface area contributed by atoms with Gasteiger partial charge in [0.1, 0.15) is 0 Å². The van der Waals surface area contributed by atoms with E-state index in [9.17, 15) is 0 Å². The molecule has 2 aromatic rings. The zero-order chi connectivity index (χ0) is 10.5. The van der Waals surface area contributed by atoms with Crippen molar-refractivity contribution < 1.29 is 0 Å². The lowest BCUT2D eigenvalue weighted by atomic mass is 10.4. The standard InChI is InChI=1S/C10H14N4S/c1-2-9-8-15-10(13-9)11-5-7-14-6-3-4-12-14/h3-4,6,8H,2,5,7H2,1H3,(H,11,13). The van der Waals surface area contributed by atoms with Crippen LogP contribution in [0.5, 0.6) is 0 Å². The van der Waals surface area contributed by atoms with Crippen LogP contribution in [-0.2, 0) is 13.0 Å². The average molecular weight is 222 g/mol. The van der Waals surface area contributed by atoms with Crippen LogP contribution in [0.3, 0.4) is 0 Å². The number of hydrogen-bond acceptors (Lipinski definition) is 4. The zero-order valence-corrected chi connectivity index (χ0v) is 9.50. The highest BCUT2D eigenvalue weighted by Gasteiger charge is 1.98. The van der Waals surface area contributed by atoms with Crippen molar-refractivity contribution in [2.75, 3.05) is 11.9 Å². The second kappa shape index (κ2) is 4.93. The molecule has 0 bridgehead atoms. The molecule has 0 fully saturated rings. The minimum atomic E-state index is 0.859. The Balaban J connectivity index is 1.78. The van der Waals surface area contributed by atoms with Gasteiger partial charge < -0.3 is 5.32 Å². The summed E-state index contributed by atoms with van der Waals surface area (Å²) in [5.41, 5.74) is 1.15. The van der Waals surface area contributed by atoms with E-state index in [2.05, 4.69) is 27.7 Å². The number of anilines is 1. The summed E-state index contributed by atoms with van der Waals surface area (Å²) in [6.07, 6.45) is 4.75. The van der Waals surface area contributed by atoms with Crippen LogP contribution in [0, 0.1) is 0 Å². The molecule has 0 amide bonds. The van der Waals surface area contributed by atoms with Gasteiger partial charge in [0.05, 0.1) is 12.2 Å². The lowest BCUT2D eigenvalue weighted by molar-refractivity contribution is 0.637. The van der Waals surface area contributed by atoms with Gasteiger partial charge in [-0.1, -0.05) is 6.92 Å². The molecule has 5 heteroatoms. The quantitative estimate of drug-likeness (QED) is 0.841. The molecule has 0 radical (unpaired) electrons. The number of thiazole rings is 1. The van der Waals surface area contributed by atoms with Crippen molar-refractivity contribution in [3.05, 3.63) is 29.5 Å². The molecule has 0 atom stereocenters. The first kappa shape index (κ1) is 10.2. The van der Waals surface area contributed by atoms with Gasteiger partial charge in [-0.05, 0) is 12.5 Å². The fourth-order valence-corrected chi connectivity index (χ4v) is 2.08. The molecule has 0 aliphatic rings. The fraction of sp³-hybridized carbons (Fsp3) is 0.400. The van der Waals surface area contributed by atoms with E-state index < -0.39 is 0 Å². The Kier molecular flexibility index (Phi) is 3.34. The number of aromatic nitrogens is 3. The van der Waals surface area contributed by atoms with Gasteiger partial charge in [0.15, 0.2) is 5.13 Å². The van der Waals surface area contributed by atoms with Crippen molar-refractivity contribution in [1.29, 1.82) is 0 Å². The Morgan fingerprint density at radius 3 is 3.13 bits per heavy atom. The Hall–Kier alpha value is -1.36. The summed E-state index contributed by atoms with van der Waals surface area (Å²) in [5, 5.41) is 10.5. The molecule has 0 unspecified atom stereocenters. The first-order valence-electron chi connectivity index (χ1n) is 5.04. The third-order valence-electron chi connectivity index (χ3n) is 2.09. The van der Waals surface area contributed by atoms with Crippen molar-refractivity contribution in [3.8, 4) is 0 Å². The molecule has 0 aliphatic carbocycles. The van der Waals surface area contributed by atoms with Gasteiger partial charge in [-0.15, -0.1) is 11.3 Å². The van der Waals surface area contributed by atoms with Crippen molar-refractivity contribution in [2.45, 2.75) is 19.9 Å². The van der Waals surface area contributed by atoms with E-state index in [4.69, 9.17) is 0 Å². The van der Waals surface area contributed by atoms with Crippen LogP contribution < -0.4 is 5.32 Å². The van der Waals surface area contributed by atoms with Gasteiger partial charge in [0.25, 0.3) is 0 Å². The second-order valence-corrected chi connectivity index (χ2v) is 4.05. The summed E-state index contributed by atoms with van der Waals surface area (Å²) >= 11 is 1.66. The highest BCUT2D eigenvalue weighted by Crippen LogP contribution is 2.14. The molecule has 0 saturated carbocycles. The largest absolute Gasteiger partial charge is 0.360 e. The Labute approximate surface area is 93.0 Å². The first-order valence-corrected chi connectivity index (χ1v) is 5.92. The molecule has 2 heterocycles. The van der Waals surface area contributed by atoms with E-state index in [-0.39, 0.29) is 0 Å². The predicted octanol–water partition coefficient (Wildman–Crippen LogP) is 2.01. The van der Waals surface area contributed by atoms with Crippen LogP contribution in [0.25, 0.3) is 0 Å². The van der Waals surface area contributed by atoms with Gasteiger partial charge >= 0.3 is 0 Å². The van der Waals surface area contributed by atoms with Crippen molar-refractivity contribution in [3.63, 3.8) is 0 Å². The van der Waals surface area contributed by atoms with Crippen LogP contribution in [0.15, 0.2) is 23.8 Å². The molecule has 0 spiro atoms. The highest BCUT2D eigenvalue weighted by molar-refractivity contribution is 7.13. The molecule has 80 valence electrons. The van der Waals surface area contributed by atoms with E-state index in [1.807, 2.05) is 16.9 Å². The maximum atomic E-state index is 4.43. The predicted molar refractivity (Wildman–Crippen MR) is 62.2 cm³/mol. The Morgan fingerprint density at radius 1 is 1.53 bits per heavy atom. The molecule has 2 rings (SSSR count). The smallest absolute Gasteiger partial charge is 0.182 e. The summed E-state index contributed by atoms with van der Waals surface area (Å²) in [6.45, 7) is 3.84. The molecule has 4 nitrogen and oxygen atoms in total. The number of nitrogens with one attached hydrogen (secondary N) is 1. The van der Waals surface area contributed by atoms with Gasteiger partial charge in [0, 0.05) is 24.3 Å². The normalized spacial score (nSPS) is 10.5.